The van der Waals surface area contributed by atoms with Crippen molar-refractivity contribution in [2.45, 2.75) is 19.5 Å². The van der Waals surface area contributed by atoms with E-state index in [0.717, 1.165) is 47.5 Å². The lowest BCUT2D eigenvalue weighted by atomic mass is 10.2. The molecule has 0 bridgehead atoms. The Kier molecular flexibility index (Phi) is 6.02. The average Bonchev–Trinajstić information content (AvgIpc) is 2.88. The summed E-state index contributed by atoms with van der Waals surface area (Å²) in [6, 6.07) is 8.44. The van der Waals surface area contributed by atoms with Gasteiger partial charge in [-0.1, -0.05) is 23.7 Å². The van der Waals surface area contributed by atoms with Gasteiger partial charge in [-0.2, -0.15) is 0 Å². The summed E-state index contributed by atoms with van der Waals surface area (Å²) in [7, 11) is 0. The Morgan fingerprint density at radius 1 is 1.38 bits per heavy atom. The molecule has 21 heavy (non-hydrogen) atoms. The molecule has 0 saturated carbocycles. The van der Waals surface area contributed by atoms with E-state index < -0.39 is 0 Å². The van der Waals surface area contributed by atoms with Gasteiger partial charge in [-0.3, -0.25) is 4.90 Å². The van der Waals surface area contributed by atoms with Gasteiger partial charge in [-0.05, 0) is 19.1 Å². The molecule has 114 valence electrons. The predicted octanol–water partition coefficient (Wildman–Crippen LogP) is 3.68. The van der Waals surface area contributed by atoms with Crippen LogP contribution in [0, 0.1) is 0 Å². The van der Waals surface area contributed by atoms with Crippen LogP contribution in [-0.4, -0.2) is 35.6 Å². The summed E-state index contributed by atoms with van der Waals surface area (Å²) in [6.45, 7) is 6.42. The van der Waals surface area contributed by atoms with E-state index in [1.807, 2.05) is 24.3 Å². The third-order valence-corrected chi connectivity index (χ3v) is 4.67. The summed E-state index contributed by atoms with van der Waals surface area (Å²) in [5.74, 6) is 0. The lowest BCUT2D eigenvalue weighted by molar-refractivity contribution is 0.198. The highest BCUT2D eigenvalue weighted by Gasteiger charge is 2.16. The van der Waals surface area contributed by atoms with Gasteiger partial charge in [0.15, 0.2) is 0 Å². The molecule has 1 aliphatic heterocycles. The summed E-state index contributed by atoms with van der Waals surface area (Å²) in [6.07, 6.45) is 0. The van der Waals surface area contributed by atoms with Crippen LogP contribution in [0.4, 0.5) is 0 Å². The third kappa shape index (κ3) is 4.41. The number of nitrogens with zero attached hydrogens (tertiary/aromatic N) is 2. The predicted molar refractivity (Wildman–Crippen MR) is 92.5 cm³/mol. The highest BCUT2D eigenvalue weighted by Crippen LogP contribution is 2.25. The van der Waals surface area contributed by atoms with Crippen molar-refractivity contribution in [1.29, 1.82) is 0 Å². The monoisotopic (exact) mass is 343 g/mol. The van der Waals surface area contributed by atoms with Crippen molar-refractivity contribution in [1.82, 2.24) is 15.2 Å². The molecular weight excluding hydrogens is 325 g/mol. The molecule has 3 nitrogen and oxygen atoms in total. The fraction of sp³-hybridized carbons (Fsp3) is 0.400. The maximum Gasteiger partial charge on any atom is 0.123 e. The quantitative estimate of drug-likeness (QED) is 0.921. The maximum atomic E-state index is 5.92. The van der Waals surface area contributed by atoms with Crippen LogP contribution in [0.1, 0.15) is 12.6 Å². The van der Waals surface area contributed by atoms with E-state index in [4.69, 9.17) is 16.6 Å². The molecule has 2 aromatic rings. The normalized spacial score (nSPS) is 19.2. The SMILES string of the molecule is C[C@H]1CN(Cc2csc(-c3ccc(Cl)cc3)n2)CCN1.Cl. The summed E-state index contributed by atoms with van der Waals surface area (Å²) < 4.78 is 0. The van der Waals surface area contributed by atoms with Gasteiger partial charge >= 0.3 is 0 Å². The van der Waals surface area contributed by atoms with Gasteiger partial charge in [-0.15, -0.1) is 23.7 Å². The molecule has 3 rings (SSSR count). The van der Waals surface area contributed by atoms with E-state index in [9.17, 15) is 0 Å². The Bertz CT molecular complexity index is 571. The first kappa shape index (κ1) is 16.7. The van der Waals surface area contributed by atoms with Gasteiger partial charge in [0.1, 0.15) is 5.01 Å². The number of hydrogen-bond acceptors (Lipinski definition) is 4. The second kappa shape index (κ2) is 7.56. The van der Waals surface area contributed by atoms with Crippen molar-refractivity contribution in [2.75, 3.05) is 19.6 Å². The van der Waals surface area contributed by atoms with Gasteiger partial charge in [0, 0.05) is 48.2 Å². The molecular formula is C15H19Cl2N3S. The second-order valence-electron chi connectivity index (χ2n) is 5.24. The molecule has 1 aliphatic rings. The number of rotatable bonds is 3. The molecule has 1 aromatic carbocycles. The van der Waals surface area contributed by atoms with Crippen LogP contribution in [0.3, 0.4) is 0 Å². The molecule has 0 spiro atoms. The summed E-state index contributed by atoms with van der Waals surface area (Å²) >= 11 is 7.62. The van der Waals surface area contributed by atoms with Crippen LogP contribution < -0.4 is 5.32 Å². The van der Waals surface area contributed by atoms with Crippen molar-refractivity contribution < 1.29 is 0 Å². The van der Waals surface area contributed by atoms with E-state index in [0.29, 0.717) is 6.04 Å². The number of thiazole rings is 1. The van der Waals surface area contributed by atoms with Crippen molar-refractivity contribution in [2.24, 2.45) is 0 Å². The lowest BCUT2D eigenvalue weighted by Gasteiger charge is -2.31. The van der Waals surface area contributed by atoms with Gasteiger partial charge in [0.25, 0.3) is 0 Å². The Hall–Kier alpha value is -0.650. The summed E-state index contributed by atoms with van der Waals surface area (Å²) in [5.41, 5.74) is 2.30. The smallest absolute Gasteiger partial charge is 0.123 e. The highest BCUT2D eigenvalue weighted by atomic mass is 35.5. The van der Waals surface area contributed by atoms with E-state index in [-0.39, 0.29) is 12.4 Å². The van der Waals surface area contributed by atoms with Crippen LogP contribution in [0.2, 0.25) is 5.02 Å². The van der Waals surface area contributed by atoms with Crippen LogP contribution in [0.25, 0.3) is 10.6 Å². The van der Waals surface area contributed by atoms with Gasteiger partial charge in [0.2, 0.25) is 0 Å². The van der Waals surface area contributed by atoms with Gasteiger partial charge < -0.3 is 5.32 Å². The summed E-state index contributed by atoms with van der Waals surface area (Å²) in [5, 5.41) is 7.46. The first-order chi connectivity index (χ1) is 9.70. The minimum absolute atomic E-state index is 0. The Balaban J connectivity index is 0.00000161. The van der Waals surface area contributed by atoms with Crippen molar-refractivity contribution >= 4 is 35.3 Å². The number of hydrogen-bond donors (Lipinski definition) is 1. The number of nitrogens with one attached hydrogen (secondary N) is 1. The van der Waals surface area contributed by atoms with Crippen LogP contribution in [0.5, 0.6) is 0 Å². The number of piperazine rings is 1. The first-order valence-electron chi connectivity index (χ1n) is 6.87. The Labute approximate surface area is 140 Å². The second-order valence-corrected chi connectivity index (χ2v) is 6.54. The number of benzene rings is 1. The first-order valence-corrected chi connectivity index (χ1v) is 8.12. The van der Waals surface area contributed by atoms with E-state index in [2.05, 4.69) is 22.5 Å². The van der Waals surface area contributed by atoms with Crippen LogP contribution in [-0.2, 0) is 6.54 Å². The van der Waals surface area contributed by atoms with Crippen molar-refractivity contribution in [3.8, 4) is 10.6 Å². The lowest BCUT2D eigenvalue weighted by Crippen LogP contribution is -2.48. The molecule has 1 atom stereocenters. The fourth-order valence-corrected chi connectivity index (χ4v) is 3.43. The highest BCUT2D eigenvalue weighted by molar-refractivity contribution is 7.13. The van der Waals surface area contributed by atoms with E-state index in [1.165, 1.54) is 0 Å². The van der Waals surface area contributed by atoms with Gasteiger partial charge in [0.05, 0.1) is 5.69 Å². The standard InChI is InChI=1S/C15H18ClN3S.ClH/c1-11-8-19(7-6-17-11)9-14-10-20-15(18-14)12-2-4-13(16)5-3-12;/h2-5,10-11,17H,6-9H2,1H3;1H/t11-;/m0./s1. The topological polar surface area (TPSA) is 28.2 Å². The molecule has 0 unspecified atom stereocenters. The molecule has 0 amide bonds. The Morgan fingerprint density at radius 2 is 2.14 bits per heavy atom. The van der Waals surface area contributed by atoms with Crippen molar-refractivity contribution in [3.63, 3.8) is 0 Å². The van der Waals surface area contributed by atoms with Gasteiger partial charge in [-0.25, -0.2) is 4.98 Å². The molecule has 2 heterocycles. The van der Waals surface area contributed by atoms with Crippen LogP contribution >= 0.6 is 35.3 Å². The number of halogens is 2. The molecule has 0 radical (unpaired) electrons. The van der Waals surface area contributed by atoms with E-state index in [1.54, 1.807) is 11.3 Å². The van der Waals surface area contributed by atoms with Crippen LogP contribution in [0.15, 0.2) is 29.6 Å². The molecule has 1 N–H and O–H groups in total. The molecule has 6 heteroatoms. The largest absolute Gasteiger partial charge is 0.312 e. The zero-order valence-corrected chi connectivity index (χ0v) is 14.3. The Morgan fingerprint density at radius 3 is 2.86 bits per heavy atom. The zero-order valence-electron chi connectivity index (χ0n) is 11.9. The maximum absolute atomic E-state index is 5.92. The third-order valence-electron chi connectivity index (χ3n) is 3.48. The van der Waals surface area contributed by atoms with Crippen molar-refractivity contribution in [3.05, 3.63) is 40.4 Å². The summed E-state index contributed by atoms with van der Waals surface area (Å²) in [4.78, 5) is 7.20. The zero-order chi connectivity index (χ0) is 13.9. The molecule has 1 saturated heterocycles. The average molecular weight is 344 g/mol. The minimum Gasteiger partial charge on any atom is -0.312 e. The molecule has 1 aromatic heterocycles. The number of aromatic nitrogens is 1. The fourth-order valence-electron chi connectivity index (χ4n) is 2.49. The minimum atomic E-state index is 0. The van der Waals surface area contributed by atoms with E-state index >= 15 is 0 Å². The molecule has 0 aliphatic carbocycles. The molecule has 1 fully saturated rings.